The Labute approximate surface area is 220 Å². The molecule has 0 bridgehead atoms. The molecule has 0 amide bonds. The largest absolute Gasteiger partial charge is 0.394 e. The van der Waals surface area contributed by atoms with Gasteiger partial charge >= 0.3 is 0 Å². The molecule has 206 valence electrons. The zero-order valence-electron chi connectivity index (χ0n) is 21.0. The average Bonchev–Trinajstić information content (AvgIpc) is 2.90. The van der Waals surface area contributed by atoms with Gasteiger partial charge in [-0.1, -0.05) is 24.0 Å². The van der Waals surface area contributed by atoms with Crippen LogP contribution in [0.2, 0.25) is 0 Å². The van der Waals surface area contributed by atoms with Crippen LogP contribution < -0.4 is 0 Å². The standard InChI is InChI=1S/C28H34O10/c1-13-9-15(5-7-17(13)27-25(35)23(33)21(31)19(11-29)37-27)3-4-16-6-8-18(14(2)10-16)28-26(36)24(34)22(32)20(12-30)38-28/h5-10,19-36H,11-12H2,1-2H3/t19-,20-,21-,22-,23+,24+,25+,26+,27-,28-/m1/s1. The van der Waals surface area contributed by atoms with Crippen molar-refractivity contribution in [2.75, 3.05) is 13.2 Å². The third kappa shape index (κ3) is 5.50. The van der Waals surface area contributed by atoms with Gasteiger partial charge in [0.1, 0.15) is 61.0 Å². The lowest BCUT2D eigenvalue weighted by molar-refractivity contribution is -0.231. The van der Waals surface area contributed by atoms with Crippen molar-refractivity contribution in [1.29, 1.82) is 0 Å². The molecule has 10 heteroatoms. The van der Waals surface area contributed by atoms with Gasteiger partial charge in [0.15, 0.2) is 0 Å². The molecule has 8 N–H and O–H groups in total. The smallest absolute Gasteiger partial charge is 0.113 e. The summed E-state index contributed by atoms with van der Waals surface area (Å²) in [6.45, 7) is 2.61. The van der Waals surface area contributed by atoms with Crippen molar-refractivity contribution >= 4 is 0 Å². The van der Waals surface area contributed by atoms with Gasteiger partial charge in [-0.15, -0.1) is 0 Å². The summed E-state index contributed by atoms with van der Waals surface area (Å²) >= 11 is 0. The van der Waals surface area contributed by atoms with Crippen molar-refractivity contribution < 1.29 is 50.3 Å². The summed E-state index contributed by atoms with van der Waals surface area (Å²) in [4.78, 5) is 0. The Bertz CT molecular complexity index is 1100. The van der Waals surface area contributed by atoms with E-state index in [-0.39, 0.29) is 0 Å². The molecule has 0 radical (unpaired) electrons. The second-order valence-electron chi connectivity index (χ2n) is 9.89. The highest BCUT2D eigenvalue weighted by molar-refractivity contribution is 5.48. The van der Waals surface area contributed by atoms with Gasteiger partial charge in [-0.3, -0.25) is 0 Å². The fourth-order valence-corrected chi connectivity index (χ4v) is 5.01. The third-order valence-corrected chi connectivity index (χ3v) is 7.29. The van der Waals surface area contributed by atoms with E-state index in [2.05, 4.69) is 11.8 Å². The van der Waals surface area contributed by atoms with Crippen LogP contribution in [0.15, 0.2) is 36.4 Å². The molecule has 4 rings (SSSR count). The van der Waals surface area contributed by atoms with E-state index in [1.165, 1.54) is 0 Å². The molecule has 2 aliphatic heterocycles. The fraction of sp³-hybridized carbons (Fsp3) is 0.500. The Balaban J connectivity index is 1.52. The minimum absolute atomic E-state index is 0.501. The molecular weight excluding hydrogens is 496 g/mol. The molecule has 0 spiro atoms. The summed E-state index contributed by atoms with van der Waals surface area (Å²) in [7, 11) is 0. The second kappa shape index (κ2) is 11.8. The lowest BCUT2D eigenvalue weighted by atomic mass is 9.88. The predicted molar refractivity (Wildman–Crippen MR) is 134 cm³/mol. The summed E-state index contributed by atoms with van der Waals surface area (Å²) in [5.41, 5.74) is 4.07. The molecule has 0 saturated carbocycles. The molecule has 2 heterocycles. The van der Waals surface area contributed by atoms with Crippen molar-refractivity contribution in [2.45, 2.75) is 74.9 Å². The molecule has 0 aliphatic carbocycles. The van der Waals surface area contributed by atoms with E-state index in [4.69, 9.17) is 9.47 Å². The number of hydrogen-bond donors (Lipinski definition) is 8. The van der Waals surface area contributed by atoms with Crippen LogP contribution in [0.1, 0.15) is 45.6 Å². The first-order valence-electron chi connectivity index (χ1n) is 12.4. The van der Waals surface area contributed by atoms with Crippen LogP contribution in [0.3, 0.4) is 0 Å². The summed E-state index contributed by atoms with van der Waals surface area (Å²) in [5.74, 6) is 6.15. The molecule has 2 fully saturated rings. The normalized spacial score (nSPS) is 35.4. The number of aliphatic hydroxyl groups excluding tert-OH is 8. The zero-order valence-corrected chi connectivity index (χ0v) is 21.0. The van der Waals surface area contributed by atoms with Gasteiger partial charge in [-0.2, -0.15) is 0 Å². The Morgan fingerprint density at radius 2 is 0.947 bits per heavy atom. The number of benzene rings is 2. The van der Waals surface area contributed by atoms with Gasteiger partial charge in [0.05, 0.1) is 13.2 Å². The van der Waals surface area contributed by atoms with Crippen molar-refractivity contribution in [1.82, 2.24) is 0 Å². The number of aliphatic hydroxyl groups is 8. The molecule has 2 aliphatic rings. The van der Waals surface area contributed by atoms with Crippen LogP contribution in [0.5, 0.6) is 0 Å². The van der Waals surface area contributed by atoms with Crippen molar-refractivity contribution in [3.8, 4) is 11.8 Å². The first-order chi connectivity index (χ1) is 18.1. The summed E-state index contributed by atoms with van der Waals surface area (Å²) in [6, 6.07) is 10.5. The van der Waals surface area contributed by atoms with Crippen LogP contribution in [0.25, 0.3) is 0 Å². The highest BCUT2D eigenvalue weighted by atomic mass is 16.6. The van der Waals surface area contributed by atoms with E-state index < -0.39 is 74.3 Å². The number of ether oxygens (including phenoxy) is 2. The Morgan fingerprint density at radius 3 is 1.26 bits per heavy atom. The zero-order chi connectivity index (χ0) is 27.7. The molecular formula is C28H34O10. The molecule has 10 nitrogen and oxygen atoms in total. The number of aryl methyl sites for hydroxylation is 2. The summed E-state index contributed by atoms with van der Waals surface area (Å²) < 4.78 is 11.3. The van der Waals surface area contributed by atoms with Gasteiger partial charge in [0, 0.05) is 11.1 Å². The van der Waals surface area contributed by atoms with Gasteiger partial charge < -0.3 is 50.3 Å². The molecule has 0 unspecified atom stereocenters. The van der Waals surface area contributed by atoms with Gasteiger partial charge in [-0.25, -0.2) is 0 Å². The first-order valence-corrected chi connectivity index (χ1v) is 12.4. The van der Waals surface area contributed by atoms with Crippen LogP contribution in [0.4, 0.5) is 0 Å². The van der Waals surface area contributed by atoms with Gasteiger partial charge in [0.25, 0.3) is 0 Å². The molecule has 0 aromatic heterocycles. The van der Waals surface area contributed by atoms with E-state index in [1.54, 1.807) is 50.2 Å². The Hall–Kier alpha value is -2.40. The summed E-state index contributed by atoms with van der Waals surface area (Å²) in [5, 5.41) is 80.0. The fourth-order valence-electron chi connectivity index (χ4n) is 5.01. The monoisotopic (exact) mass is 530 g/mol. The highest BCUT2D eigenvalue weighted by Crippen LogP contribution is 2.35. The minimum Gasteiger partial charge on any atom is -0.394 e. The van der Waals surface area contributed by atoms with E-state index in [0.29, 0.717) is 22.3 Å². The minimum atomic E-state index is -1.46. The van der Waals surface area contributed by atoms with E-state index in [9.17, 15) is 40.9 Å². The van der Waals surface area contributed by atoms with E-state index in [0.717, 1.165) is 11.1 Å². The van der Waals surface area contributed by atoms with Gasteiger partial charge in [0.2, 0.25) is 0 Å². The van der Waals surface area contributed by atoms with Crippen molar-refractivity contribution in [3.63, 3.8) is 0 Å². The topological polar surface area (TPSA) is 180 Å². The lowest BCUT2D eigenvalue weighted by Crippen LogP contribution is -2.55. The molecule has 10 atom stereocenters. The lowest BCUT2D eigenvalue weighted by Gasteiger charge is -2.40. The maximum absolute atomic E-state index is 10.4. The second-order valence-corrected chi connectivity index (χ2v) is 9.89. The Kier molecular flexibility index (Phi) is 8.86. The summed E-state index contributed by atoms with van der Waals surface area (Å²) in [6.07, 6.45) is -12.3. The van der Waals surface area contributed by atoms with Crippen molar-refractivity contribution in [2.24, 2.45) is 0 Å². The van der Waals surface area contributed by atoms with E-state index >= 15 is 0 Å². The molecule has 2 aromatic carbocycles. The average molecular weight is 531 g/mol. The van der Waals surface area contributed by atoms with Crippen molar-refractivity contribution in [3.05, 3.63) is 69.8 Å². The number of rotatable bonds is 4. The van der Waals surface area contributed by atoms with Crippen LogP contribution in [-0.2, 0) is 9.47 Å². The molecule has 2 aromatic rings. The van der Waals surface area contributed by atoms with Crippen LogP contribution in [0, 0.1) is 25.7 Å². The van der Waals surface area contributed by atoms with Gasteiger partial charge in [-0.05, 0) is 60.4 Å². The third-order valence-electron chi connectivity index (χ3n) is 7.29. The maximum Gasteiger partial charge on any atom is 0.113 e. The van der Waals surface area contributed by atoms with Crippen LogP contribution in [-0.4, -0.2) is 103 Å². The molecule has 2 saturated heterocycles. The van der Waals surface area contributed by atoms with E-state index in [1.807, 2.05) is 0 Å². The molecule has 38 heavy (non-hydrogen) atoms. The Morgan fingerprint density at radius 1 is 0.579 bits per heavy atom. The quantitative estimate of drug-likeness (QED) is 0.222. The predicted octanol–water partition coefficient (Wildman–Crippen LogP) is -1.27. The maximum atomic E-state index is 10.4. The number of hydrogen-bond acceptors (Lipinski definition) is 10. The first kappa shape index (κ1) is 28.6. The van der Waals surface area contributed by atoms with Crippen LogP contribution >= 0.6 is 0 Å². The SMILES string of the molecule is Cc1cc(C#Cc2ccc([C@H]3O[C@H](CO)[C@@H](O)[C@H](O)[C@@H]3O)c(C)c2)ccc1[C@H]1O[C@H](CO)[C@@H](O)[C@H](O)[C@@H]1O. The highest BCUT2D eigenvalue weighted by Gasteiger charge is 2.45.